The molecule has 5 amide bonds. The van der Waals surface area contributed by atoms with Crippen LogP contribution in [-0.4, -0.2) is 83.8 Å². The van der Waals surface area contributed by atoms with Crippen molar-refractivity contribution >= 4 is 23.7 Å². The normalized spacial score (nSPS) is 21.3. The van der Waals surface area contributed by atoms with Crippen LogP contribution >= 0.6 is 0 Å². The number of amides is 5. The van der Waals surface area contributed by atoms with Gasteiger partial charge in [0.15, 0.2) is 0 Å². The summed E-state index contributed by atoms with van der Waals surface area (Å²) < 4.78 is 6.36. The highest BCUT2D eigenvalue weighted by atomic mass is 16.5. The highest BCUT2D eigenvalue weighted by Crippen LogP contribution is 2.30. The van der Waals surface area contributed by atoms with Gasteiger partial charge in [0, 0.05) is 37.3 Å². The van der Waals surface area contributed by atoms with Crippen molar-refractivity contribution in [3.63, 3.8) is 0 Å². The van der Waals surface area contributed by atoms with Gasteiger partial charge in [0.25, 0.3) is 5.91 Å². The van der Waals surface area contributed by atoms with Crippen LogP contribution in [0.3, 0.4) is 0 Å². The van der Waals surface area contributed by atoms with Gasteiger partial charge in [0.05, 0.1) is 24.8 Å². The molecule has 0 radical (unpaired) electrons. The topological polar surface area (TPSA) is 123 Å². The minimum atomic E-state index is -0.408. The van der Waals surface area contributed by atoms with Crippen molar-refractivity contribution in [1.29, 1.82) is 0 Å². The standard InChI is InChI=1S/C27H43N5O5/c1-17(2)28-26(35)29-21-11-12-23-22(13-21)25(34)32(19(4)16-33)14-18(3)24(37-23)15-31(5)27(36)30-20-9-7-6-8-10-20/h11-13,17-20,24,33H,6-10,14-16H2,1-5H3,(H,30,36)(H2,28,29,35)/t18-,19-,24+/m0/s1. The van der Waals surface area contributed by atoms with Gasteiger partial charge in [-0.1, -0.05) is 26.2 Å². The first kappa shape index (κ1) is 28.6. The molecule has 0 saturated heterocycles. The molecule has 1 aromatic rings. The Bertz CT molecular complexity index is 949. The number of hydrogen-bond acceptors (Lipinski definition) is 5. The fourth-order valence-electron chi connectivity index (χ4n) is 4.83. The van der Waals surface area contributed by atoms with Crippen molar-refractivity contribution in [1.82, 2.24) is 20.4 Å². The molecule has 10 heteroatoms. The molecule has 4 N–H and O–H groups in total. The van der Waals surface area contributed by atoms with E-state index in [-0.39, 0.29) is 48.7 Å². The van der Waals surface area contributed by atoms with Gasteiger partial charge in [-0.3, -0.25) is 4.79 Å². The molecule has 1 heterocycles. The van der Waals surface area contributed by atoms with Crippen molar-refractivity contribution in [2.24, 2.45) is 5.92 Å². The molecule has 3 atom stereocenters. The minimum Gasteiger partial charge on any atom is -0.487 e. The lowest BCUT2D eigenvalue weighted by Crippen LogP contribution is -2.52. The molecule has 1 saturated carbocycles. The zero-order valence-electron chi connectivity index (χ0n) is 22.8. The molecule has 37 heavy (non-hydrogen) atoms. The van der Waals surface area contributed by atoms with Crippen molar-refractivity contribution in [3.8, 4) is 5.75 Å². The number of nitrogens with zero attached hydrogens (tertiary/aromatic N) is 2. The largest absolute Gasteiger partial charge is 0.487 e. The Kier molecular flexibility index (Phi) is 10.0. The average molecular weight is 518 g/mol. The zero-order chi connectivity index (χ0) is 27.1. The number of likely N-dealkylation sites (N-methyl/N-ethyl adjacent to an activating group) is 1. The van der Waals surface area contributed by atoms with E-state index in [2.05, 4.69) is 16.0 Å². The van der Waals surface area contributed by atoms with Crippen molar-refractivity contribution < 1.29 is 24.2 Å². The Hall–Kier alpha value is -3.01. The maximum Gasteiger partial charge on any atom is 0.319 e. The van der Waals surface area contributed by atoms with Gasteiger partial charge < -0.3 is 35.6 Å². The monoisotopic (exact) mass is 517 g/mol. The molecule has 0 unspecified atom stereocenters. The van der Waals surface area contributed by atoms with E-state index in [0.29, 0.717) is 30.1 Å². The highest BCUT2D eigenvalue weighted by molar-refractivity contribution is 5.99. The molecule has 0 bridgehead atoms. The predicted octanol–water partition coefficient (Wildman–Crippen LogP) is 3.41. The number of ether oxygens (including phenoxy) is 1. The van der Waals surface area contributed by atoms with Crippen LogP contribution in [0.5, 0.6) is 5.75 Å². The smallest absolute Gasteiger partial charge is 0.319 e. The first-order chi connectivity index (χ1) is 17.6. The first-order valence-electron chi connectivity index (χ1n) is 13.4. The van der Waals surface area contributed by atoms with Crippen molar-refractivity contribution in [2.75, 3.05) is 32.1 Å². The summed E-state index contributed by atoms with van der Waals surface area (Å²) in [7, 11) is 1.76. The summed E-state index contributed by atoms with van der Waals surface area (Å²) >= 11 is 0. The molecular formula is C27H43N5O5. The number of aliphatic hydroxyl groups is 1. The summed E-state index contributed by atoms with van der Waals surface area (Å²) in [6, 6.07) is 4.23. The van der Waals surface area contributed by atoms with Crippen molar-refractivity contribution in [3.05, 3.63) is 23.8 Å². The Morgan fingerprint density at radius 1 is 1.19 bits per heavy atom. The number of aliphatic hydroxyl groups excluding tert-OH is 1. The number of nitrogens with one attached hydrogen (secondary N) is 3. The Morgan fingerprint density at radius 3 is 2.54 bits per heavy atom. The molecule has 206 valence electrons. The van der Waals surface area contributed by atoms with E-state index >= 15 is 0 Å². The van der Waals surface area contributed by atoms with Gasteiger partial charge in [0.2, 0.25) is 0 Å². The van der Waals surface area contributed by atoms with E-state index in [1.165, 1.54) is 6.42 Å². The summed E-state index contributed by atoms with van der Waals surface area (Å²) in [4.78, 5) is 41.9. The fraction of sp³-hybridized carbons (Fsp3) is 0.667. The molecule has 10 nitrogen and oxygen atoms in total. The second-order valence-corrected chi connectivity index (χ2v) is 10.8. The summed E-state index contributed by atoms with van der Waals surface area (Å²) in [6.07, 6.45) is 5.12. The van der Waals surface area contributed by atoms with Crippen LogP contribution in [0.25, 0.3) is 0 Å². The Labute approximate surface area is 220 Å². The first-order valence-corrected chi connectivity index (χ1v) is 13.4. The molecular weight excluding hydrogens is 474 g/mol. The van der Waals surface area contributed by atoms with Gasteiger partial charge in [-0.25, -0.2) is 9.59 Å². The number of anilines is 1. The lowest BCUT2D eigenvalue weighted by atomic mass is 9.96. The van der Waals surface area contributed by atoms with Crippen LogP contribution in [0.1, 0.15) is 70.2 Å². The maximum atomic E-state index is 13.5. The van der Waals surface area contributed by atoms with Crippen LogP contribution in [-0.2, 0) is 0 Å². The van der Waals surface area contributed by atoms with Gasteiger partial charge >= 0.3 is 12.1 Å². The molecule has 3 rings (SSSR count). The number of urea groups is 2. The fourth-order valence-corrected chi connectivity index (χ4v) is 4.83. The lowest BCUT2D eigenvalue weighted by molar-refractivity contribution is 0.0366. The zero-order valence-corrected chi connectivity index (χ0v) is 22.8. The van der Waals surface area contributed by atoms with Crippen LogP contribution < -0.4 is 20.7 Å². The highest BCUT2D eigenvalue weighted by Gasteiger charge is 2.34. The molecule has 1 aromatic carbocycles. The third-order valence-electron chi connectivity index (χ3n) is 7.08. The third kappa shape index (κ3) is 7.74. The van der Waals surface area contributed by atoms with Crippen LogP contribution in [0.2, 0.25) is 0 Å². The summed E-state index contributed by atoms with van der Waals surface area (Å²) in [5.74, 6) is -0.00332. The average Bonchev–Trinajstić information content (AvgIpc) is 2.86. The number of benzene rings is 1. The Morgan fingerprint density at radius 2 is 1.89 bits per heavy atom. The number of carbonyl (C=O) groups excluding carboxylic acids is 3. The lowest BCUT2D eigenvalue weighted by Gasteiger charge is -2.38. The number of fused-ring (bicyclic) bond motifs is 1. The molecule has 1 fully saturated rings. The number of hydrogen-bond donors (Lipinski definition) is 4. The summed E-state index contributed by atoms with van der Waals surface area (Å²) in [6.45, 7) is 8.01. The van der Waals surface area contributed by atoms with Crippen LogP contribution in [0.15, 0.2) is 18.2 Å². The van der Waals surface area contributed by atoms with Crippen LogP contribution in [0, 0.1) is 5.92 Å². The van der Waals surface area contributed by atoms with E-state index in [1.54, 1.807) is 42.0 Å². The van der Waals surface area contributed by atoms with Gasteiger partial charge in [-0.2, -0.15) is 0 Å². The predicted molar refractivity (Wildman–Crippen MR) is 143 cm³/mol. The molecule has 1 aliphatic carbocycles. The second kappa shape index (κ2) is 13.0. The number of rotatable bonds is 7. The molecule has 0 aromatic heterocycles. The summed E-state index contributed by atoms with van der Waals surface area (Å²) in [5.41, 5.74) is 0.758. The maximum absolute atomic E-state index is 13.5. The van der Waals surface area contributed by atoms with Gasteiger partial charge in [0.1, 0.15) is 11.9 Å². The number of carbonyl (C=O) groups is 3. The van der Waals surface area contributed by atoms with Gasteiger partial charge in [-0.05, 0) is 51.8 Å². The van der Waals surface area contributed by atoms with E-state index in [0.717, 1.165) is 25.7 Å². The summed E-state index contributed by atoms with van der Waals surface area (Å²) in [5, 5.41) is 18.5. The Balaban J connectivity index is 1.82. The SMILES string of the molecule is CC(C)NC(=O)Nc1ccc2c(c1)C(=O)N([C@@H](C)CO)C[C@H](C)[C@@H](CN(C)C(=O)NC1CCCCC1)O2. The second-order valence-electron chi connectivity index (χ2n) is 10.8. The van der Waals surface area contributed by atoms with E-state index < -0.39 is 6.04 Å². The minimum absolute atomic E-state index is 0.0373. The van der Waals surface area contributed by atoms with Crippen LogP contribution in [0.4, 0.5) is 15.3 Å². The quantitative estimate of drug-likeness (QED) is 0.441. The van der Waals surface area contributed by atoms with E-state index in [1.807, 2.05) is 20.8 Å². The third-order valence-corrected chi connectivity index (χ3v) is 7.08. The van der Waals surface area contributed by atoms with E-state index in [9.17, 15) is 19.5 Å². The molecule has 2 aliphatic rings. The van der Waals surface area contributed by atoms with E-state index in [4.69, 9.17) is 4.74 Å². The van der Waals surface area contributed by atoms with Gasteiger partial charge in [-0.15, -0.1) is 0 Å². The molecule has 0 spiro atoms. The van der Waals surface area contributed by atoms with Crippen molar-refractivity contribution in [2.45, 2.75) is 84.0 Å². The molecule has 1 aliphatic heterocycles.